The van der Waals surface area contributed by atoms with Gasteiger partial charge in [-0.05, 0) is 89.9 Å². The van der Waals surface area contributed by atoms with Crippen LogP contribution in [0.5, 0.6) is 0 Å². The summed E-state index contributed by atoms with van der Waals surface area (Å²) in [4.78, 5) is 24.5. The summed E-state index contributed by atoms with van der Waals surface area (Å²) in [5.74, 6) is -0.0578. The van der Waals surface area contributed by atoms with Gasteiger partial charge in [-0.1, -0.05) is 313 Å². The molecule has 77 heavy (non-hydrogen) atoms. The molecule has 2 atom stereocenters. The van der Waals surface area contributed by atoms with Gasteiger partial charge in [0.2, 0.25) is 5.91 Å². The number of ether oxygens (including phenoxy) is 1. The molecule has 0 bridgehead atoms. The van der Waals surface area contributed by atoms with Crippen molar-refractivity contribution in [1.82, 2.24) is 5.32 Å². The molecule has 0 aliphatic carbocycles. The molecule has 0 rings (SSSR count). The normalized spacial score (nSPS) is 12.8. The molecule has 0 saturated carbocycles. The third-order valence-corrected chi connectivity index (χ3v) is 15.8. The monoisotopic (exact) mass is 1080 g/mol. The predicted octanol–water partition coefficient (Wildman–Crippen LogP) is 22.1. The van der Waals surface area contributed by atoms with E-state index < -0.39 is 12.1 Å². The molecule has 1 amide bonds. The van der Waals surface area contributed by atoms with E-state index in [1.807, 2.05) is 6.08 Å². The van der Waals surface area contributed by atoms with Gasteiger partial charge in [0.05, 0.1) is 25.4 Å². The third-order valence-electron chi connectivity index (χ3n) is 15.8. The van der Waals surface area contributed by atoms with Gasteiger partial charge in [-0.25, -0.2) is 0 Å². The summed E-state index contributed by atoms with van der Waals surface area (Å²) in [6.07, 6.45) is 86.2. The van der Waals surface area contributed by atoms with Gasteiger partial charge < -0.3 is 20.3 Å². The van der Waals surface area contributed by atoms with Crippen LogP contribution in [0.15, 0.2) is 48.6 Å². The van der Waals surface area contributed by atoms with Crippen molar-refractivity contribution >= 4 is 11.9 Å². The number of amides is 1. The highest BCUT2D eigenvalue weighted by Gasteiger charge is 2.18. The van der Waals surface area contributed by atoms with Crippen LogP contribution in [0.3, 0.4) is 0 Å². The zero-order valence-electron chi connectivity index (χ0n) is 51.7. The smallest absolute Gasteiger partial charge is 0.305 e. The molecule has 0 aliphatic rings. The summed E-state index contributed by atoms with van der Waals surface area (Å²) in [6, 6.07) is -0.627. The third kappa shape index (κ3) is 62.9. The van der Waals surface area contributed by atoms with Crippen LogP contribution >= 0.6 is 0 Å². The van der Waals surface area contributed by atoms with Crippen molar-refractivity contribution in [3.05, 3.63) is 48.6 Å². The van der Waals surface area contributed by atoms with Crippen LogP contribution in [0.4, 0.5) is 0 Å². The Morgan fingerprint density at radius 3 is 1.00 bits per heavy atom. The number of carbonyl (C=O) groups excluding carboxylic acids is 2. The van der Waals surface area contributed by atoms with E-state index in [9.17, 15) is 19.8 Å². The first-order valence-corrected chi connectivity index (χ1v) is 34.4. The van der Waals surface area contributed by atoms with Gasteiger partial charge in [0, 0.05) is 12.8 Å². The van der Waals surface area contributed by atoms with E-state index in [0.29, 0.717) is 19.4 Å². The Labute approximate surface area is 480 Å². The second-order valence-corrected chi connectivity index (χ2v) is 23.5. The Hall–Kier alpha value is -2.18. The number of hydrogen-bond donors (Lipinski definition) is 3. The van der Waals surface area contributed by atoms with Gasteiger partial charge in [-0.2, -0.15) is 0 Å². The number of rotatable bonds is 64. The van der Waals surface area contributed by atoms with E-state index in [4.69, 9.17) is 4.74 Å². The average Bonchev–Trinajstić information content (AvgIpc) is 3.43. The minimum atomic E-state index is -0.843. The largest absolute Gasteiger partial charge is 0.466 e. The molecule has 0 fully saturated rings. The van der Waals surface area contributed by atoms with E-state index in [0.717, 1.165) is 51.4 Å². The maximum absolute atomic E-state index is 12.4. The SMILES string of the molecule is CCCCCCCC/C=C\CCCCCCCCCC(=O)OCCCCCCCCCCC/C=C\C/C=C\CCCCCCCCCCCCCCCCCC(=O)NC(CO)C(O)/C=C/CCCCCCCCCCCC. The standard InChI is InChI=1S/C71H133NO5/c1-3-5-7-9-11-13-15-17-18-34-38-41-45-49-53-57-61-65-71(76)77-66-62-58-54-50-46-42-39-36-33-31-29-27-25-23-21-19-20-22-24-26-28-30-32-35-37-40-44-48-52-56-60-64-70(75)72-68(67-73)69(74)63-59-55-51-47-43-16-14-12-10-8-6-4-2/h17-18,21,23,27,29,59,63,68-69,73-74H,3-16,19-20,22,24-26,28,30-58,60-62,64-67H2,1-2H3,(H,72,75)/b18-17-,23-21-,29-27-,63-59+. The predicted molar refractivity (Wildman–Crippen MR) is 338 cm³/mol. The highest BCUT2D eigenvalue weighted by Crippen LogP contribution is 2.17. The molecule has 0 aromatic rings. The van der Waals surface area contributed by atoms with Crippen LogP contribution in [0.2, 0.25) is 0 Å². The van der Waals surface area contributed by atoms with Crippen LogP contribution < -0.4 is 5.32 Å². The molecular formula is C71H133NO5. The lowest BCUT2D eigenvalue weighted by molar-refractivity contribution is -0.143. The molecule has 3 N–H and O–H groups in total. The van der Waals surface area contributed by atoms with E-state index in [-0.39, 0.29) is 18.5 Å². The number of unbranched alkanes of at least 4 members (excludes halogenated alkanes) is 47. The first-order valence-electron chi connectivity index (χ1n) is 34.4. The van der Waals surface area contributed by atoms with Crippen molar-refractivity contribution in [3.8, 4) is 0 Å². The van der Waals surface area contributed by atoms with Gasteiger partial charge in [0.25, 0.3) is 0 Å². The molecule has 6 heteroatoms. The zero-order chi connectivity index (χ0) is 55.7. The number of carbonyl (C=O) groups is 2. The van der Waals surface area contributed by atoms with E-state index in [1.54, 1.807) is 6.08 Å². The zero-order valence-corrected chi connectivity index (χ0v) is 51.7. The summed E-state index contributed by atoms with van der Waals surface area (Å²) < 4.78 is 5.50. The molecule has 0 aromatic carbocycles. The highest BCUT2D eigenvalue weighted by molar-refractivity contribution is 5.76. The lowest BCUT2D eigenvalue weighted by Gasteiger charge is -2.20. The molecular weight excluding hydrogens is 947 g/mol. The molecule has 0 radical (unpaired) electrons. The lowest BCUT2D eigenvalue weighted by atomic mass is 10.0. The number of aliphatic hydroxyl groups is 2. The number of allylic oxidation sites excluding steroid dienone is 7. The highest BCUT2D eigenvalue weighted by atomic mass is 16.5. The second-order valence-electron chi connectivity index (χ2n) is 23.5. The Kier molecular flexibility index (Phi) is 64.5. The minimum absolute atomic E-state index is 0.00954. The summed E-state index contributed by atoms with van der Waals surface area (Å²) >= 11 is 0. The first kappa shape index (κ1) is 74.8. The van der Waals surface area contributed by atoms with Crippen LogP contribution in [0, 0.1) is 0 Å². The second kappa shape index (κ2) is 66.3. The summed E-state index contributed by atoms with van der Waals surface area (Å²) in [6.45, 7) is 4.90. The topological polar surface area (TPSA) is 95.9 Å². The first-order chi connectivity index (χ1) is 38.0. The Morgan fingerprint density at radius 2 is 0.649 bits per heavy atom. The fourth-order valence-corrected chi connectivity index (χ4v) is 10.5. The minimum Gasteiger partial charge on any atom is -0.466 e. The van der Waals surface area contributed by atoms with Gasteiger partial charge in [0.15, 0.2) is 0 Å². The van der Waals surface area contributed by atoms with Crippen LogP contribution in [0.25, 0.3) is 0 Å². The molecule has 452 valence electrons. The van der Waals surface area contributed by atoms with Crippen LogP contribution in [-0.2, 0) is 14.3 Å². The fourth-order valence-electron chi connectivity index (χ4n) is 10.5. The summed E-state index contributed by atoms with van der Waals surface area (Å²) in [5, 5.41) is 23.1. The fraction of sp³-hybridized carbons (Fsp3) is 0.859. The lowest BCUT2D eigenvalue weighted by Crippen LogP contribution is -2.45. The van der Waals surface area contributed by atoms with Gasteiger partial charge >= 0.3 is 5.97 Å². The Balaban J connectivity index is 3.39. The molecule has 0 saturated heterocycles. The van der Waals surface area contributed by atoms with E-state index >= 15 is 0 Å². The maximum atomic E-state index is 12.4. The molecule has 2 unspecified atom stereocenters. The number of aliphatic hydroxyl groups excluding tert-OH is 2. The average molecular weight is 1080 g/mol. The summed E-state index contributed by atoms with van der Waals surface area (Å²) in [7, 11) is 0. The van der Waals surface area contributed by atoms with Crippen molar-refractivity contribution in [1.29, 1.82) is 0 Å². The van der Waals surface area contributed by atoms with E-state index in [1.165, 1.54) is 289 Å². The van der Waals surface area contributed by atoms with Crippen molar-refractivity contribution in [2.45, 2.75) is 379 Å². The van der Waals surface area contributed by atoms with Crippen LogP contribution in [0.1, 0.15) is 367 Å². The molecule has 0 spiro atoms. The van der Waals surface area contributed by atoms with Gasteiger partial charge in [-0.3, -0.25) is 9.59 Å². The van der Waals surface area contributed by atoms with Gasteiger partial charge in [-0.15, -0.1) is 0 Å². The number of hydrogen-bond acceptors (Lipinski definition) is 5. The van der Waals surface area contributed by atoms with E-state index in [2.05, 4.69) is 55.6 Å². The van der Waals surface area contributed by atoms with Gasteiger partial charge in [0.1, 0.15) is 0 Å². The Morgan fingerprint density at radius 1 is 0.364 bits per heavy atom. The van der Waals surface area contributed by atoms with Crippen molar-refractivity contribution in [2.75, 3.05) is 13.2 Å². The molecule has 0 aromatic heterocycles. The molecule has 6 nitrogen and oxygen atoms in total. The molecule has 0 heterocycles. The van der Waals surface area contributed by atoms with Crippen molar-refractivity contribution < 1.29 is 24.5 Å². The van der Waals surface area contributed by atoms with Crippen molar-refractivity contribution in [3.63, 3.8) is 0 Å². The quantitative estimate of drug-likeness (QED) is 0.0320. The number of esters is 1. The van der Waals surface area contributed by atoms with Crippen LogP contribution in [-0.4, -0.2) is 47.4 Å². The Bertz CT molecular complexity index is 1290. The number of nitrogens with one attached hydrogen (secondary N) is 1. The van der Waals surface area contributed by atoms with Crippen molar-refractivity contribution in [2.24, 2.45) is 0 Å². The molecule has 0 aliphatic heterocycles. The summed E-state index contributed by atoms with van der Waals surface area (Å²) in [5.41, 5.74) is 0. The maximum Gasteiger partial charge on any atom is 0.305 e.